The van der Waals surface area contributed by atoms with Crippen molar-refractivity contribution in [3.8, 4) is 16.9 Å². The van der Waals surface area contributed by atoms with Crippen LogP contribution in [0, 0.1) is 6.92 Å². The Labute approximate surface area is 194 Å². The van der Waals surface area contributed by atoms with Gasteiger partial charge in [-0.1, -0.05) is 48.5 Å². The number of aromatic amines is 1. The predicted molar refractivity (Wildman–Crippen MR) is 126 cm³/mol. The van der Waals surface area contributed by atoms with Gasteiger partial charge in [-0.15, -0.1) is 13.2 Å². The standard InChI is InChI=1S/C26H24F3N3O2/c1-16-6-2-3-7-20(16)17-10-11-24(34-26(27,28)29)22(13-17)25(33)32-19(14-30)12-18-15-31-23-9-5-4-8-21(18)23/h2-11,13,15,19,31H,12,14,30H2,1H3,(H,32,33). The van der Waals surface area contributed by atoms with Crippen molar-refractivity contribution in [2.75, 3.05) is 6.54 Å². The number of para-hydroxylation sites is 1. The molecular weight excluding hydrogens is 443 g/mol. The molecule has 0 fully saturated rings. The summed E-state index contributed by atoms with van der Waals surface area (Å²) in [6.07, 6.45) is -2.67. The molecule has 0 saturated heterocycles. The van der Waals surface area contributed by atoms with Gasteiger partial charge in [-0.3, -0.25) is 4.79 Å². The molecule has 0 saturated carbocycles. The average Bonchev–Trinajstić information content (AvgIpc) is 3.21. The van der Waals surface area contributed by atoms with Gasteiger partial charge in [-0.05, 0) is 53.8 Å². The summed E-state index contributed by atoms with van der Waals surface area (Å²) in [5.41, 5.74) is 9.94. The van der Waals surface area contributed by atoms with Crippen LogP contribution in [0.25, 0.3) is 22.0 Å². The van der Waals surface area contributed by atoms with Crippen LogP contribution in [0.3, 0.4) is 0 Å². The van der Waals surface area contributed by atoms with E-state index in [1.165, 1.54) is 18.2 Å². The van der Waals surface area contributed by atoms with Crippen molar-refractivity contribution in [3.63, 3.8) is 0 Å². The molecule has 4 aromatic rings. The lowest BCUT2D eigenvalue weighted by Gasteiger charge is -2.19. The Kier molecular flexibility index (Phi) is 6.61. The number of alkyl halides is 3. The Balaban J connectivity index is 1.64. The molecule has 4 rings (SSSR count). The van der Waals surface area contributed by atoms with Crippen molar-refractivity contribution in [2.45, 2.75) is 25.7 Å². The Hall–Kier alpha value is -3.78. The Morgan fingerprint density at radius 2 is 1.82 bits per heavy atom. The normalized spacial score (nSPS) is 12.5. The third-order valence-electron chi connectivity index (χ3n) is 5.67. The number of nitrogens with one attached hydrogen (secondary N) is 2. The van der Waals surface area contributed by atoms with E-state index in [-0.39, 0.29) is 12.1 Å². The average molecular weight is 467 g/mol. The van der Waals surface area contributed by atoms with Gasteiger partial charge in [-0.25, -0.2) is 0 Å². The maximum Gasteiger partial charge on any atom is 0.573 e. The van der Waals surface area contributed by atoms with E-state index >= 15 is 0 Å². The fraction of sp³-hybridized carbons (Fsp3) is 0.192. The van der Waals surface area contributed by atoms with Crippen molar-refractivity contribution in [1.29, 1.82) is 0 Å². The van der Waals surface area contributed by atoms with Gasteiger partial charge >= 0.3 is 6.36 Å². The van der Waals surface area contributed by atoms with Gasteiger partial charge in [0.05, 0.1) is 5.56 Å². The number of hydrogen-bond acceptors (Lipinski definition) is 3. The molecule has 176 valence electrons. The van der Waals surface area contributed by atoms with Crippen LogP contribution in [0.15, 0.2) is 72.9 Å². The number of hydrogen-bond donors (Lipinski definition) is 3. The number of halogens is 3. The summed E-state index contributed by atoms with van der Waals surface area (Å²) in [6, 6.07) is 18.7. The molecule has 34 heavy (non-hydrogen) atoms. The minimum atomic E-state index is -4.93. The Bertz CT molecular complexity index is 1310. The lowest BCUT2D eigenvalue weighted by Crippen LogP contribution is -2.42. The molecule has 0 aliphatic heterocycles. The van der Waals surface area contributed by atoms with E-state index in [9.17, 15) is 18.0 Å². The van der Waals surface area contributed by atoms with Crippen LogP contribution in [-0.4, -0.2) is 29.8 Å². The number of fused-ring (bicyclic) bond motifs is 1. The number of amides is 1. The van der Waals surface area contributed by atoms with Crippen LogP contribution in [0.5, 0.6) is 5.75 Å². The smallest absolute Gasteiger partial charge is 0.405 e. The molecule has 0 bridgehead atoms. The van der Waals surface area contributed by atoms with Crippen molar-refractivity contribution in [2.24, 2.45) is 5.73 Å². The predicted octanol–water partition coefficient (Wildman–Crippen LogP) is 5.34. The summed E-state index contributed by atoms with van der Waals surface area (Å²) >= 11 is 0. The quantitative estimate of drug-likeness (QED) is 0.343. The molecule has 1 amide bonds. The SMILES string of the molecule is Cc1ccccc1-c1ccc(OC(F)(F)F)c(C(=O)NC(CN)Cc2c[nH]c3ccccc23)c1. The van der Waals surface area contributed by atoms with E-state index in [2.05, 4.69) is 15.0 Å². The fourth-order valence-corrected chi connectivity index (χ4v) is 4.01. The Morgan fingerprint density at radius 3 is 2.56 bits per heavy atom. The van der Waals surface area contributed by atoms with Gasteiger partial charge in [0.15, 0.2) is 0 Å². The van der Waals surface area contributed by atoms with Gasteiger partial charge < -0.3 is 20.8 Å². The number of rotatable bonds is 7. The topological polar surface area (TPSA) is 80.1 Å². The second-order valence-corrected chi connectivity index (χ2v) is 8.04. The van der Waals surface area contributed by atoms with E-state index in [0.29, 0.717) is 12.0 Å². The molecule has 5 nitrogen and oxygen atoms in total. The second-order valence-electron chi connectivity index (χ2n) is 8.04. The Morgan fingerprint density at radius 1 is 1.09 bits per heavy atom. The number of nitrogens with two attached hydrogens (primary N) is 1. The molecule has 1 unspecified atom stereocenters. The number of carbonyl (C=O) groups excluding carboxylic acids is 1. The van der Waals surface area contributed by atoms with Crippen molar-refractivity contribution < 1.29 is 22.7 Å². The van der Waals surface area contributed by atoms with Crippen LogP contribution in [0.4, 0.5) is 13.2 Å². The van der Waals surface area contributed by atoms with Crippen LogP contribution in [0.1, 0.15) is 21.5 Å². The molecular formula is C26H24F3N3O2. The van der Waals surface area contributed by atoms with Crippen LogP contribution < -0.4 is 15.8 Å². The van der Waals surface area contributed by atoms with Crippen LogP contribution in [0.2, 0.25) is 0 Å². The number of ether oxygens (including phenoxy) is 1. The second kappa shape index (κ2) is 9.61. The van der Waals surface area contributed by atoms with Crippen molar-refractivity contribution in [1.82, 2.24) is 10.3 Å². The van der Waals surface area contributed by atoms with E-state index in [0.717, 1.165) is 27.6 Å². The van der Waals surface area contributed by atoms with Crippen LogP contribution >= 0.6 is 0 Å². The lowest BCUT2D eigenvalue weighted by molar-refractivity contribution is -0.274. The zero-order chi connectivity index (χ0) is 24.3. The zero-order valence-electron chi connectivity index (χ0n) is 18.4. The molecule has 8 heteroatoms. The molecule has 0 aliphatic rings. The van der Waals surface area contributed by atoms with Gasteiger partial charge in [-0.2, -0.15) is 0 Å². The number of aromatic nitrogens is 1. The lowest BCUT2D eigenvalue weighted by atomic mass is 9.98. The molecule has 0 aliphatic carbocycles. The first-order chi connectivity index (χ1) is 16.2. The van der Waals surface area contributed by atoms with E-state index in [4.69, 9.17) is 5.73 Å². The maximum atomic E-state index is 13.2. The van der Waals surface area contributed by atoms with Crippen LogP contribution in [-0.2, 0) is 6.42 Å². The third-order valence-corrected chi connectivity index (χ3v) is 5.67. The highest BCUT2D eigenvalue weighted by molar-refractivity contribution is 5.98. The van der Waals surface area contributed by atoms with E-state index in [1.54, 1.807) is 0 Å². The number of carbonyl (C=O) groups is 1. The molecule has 0 radical (unpaired) electrons. The summed E-state index contributed by atoms with van der Waals surface area (Å²) in [5, 5.41) is 3.78. The highest BCUT2D eigenvalue weighted by Crippen LogP contribution is 2.32. The summed E-state index contributed by atoms with van der Waals surface area (Å²) < 4.78 is 43.2. The third kappa shape index (κ3) is 5.23. The first-order valence-electron chi connectivity index (χ1n) is 10.8. The molecule has 1 heterocycles. The number of benzene rings is 3. The van der Waals surface area contributed by atoms with E-state index in [1.807, 2.05) is 61.7 Å². The van der Waals surface area contributed by atoms with Gasteiger partial charge in [0.2, 0.25) is 0 Å². The summed E-state index contributed by atoms with van der Waals surface area (Å²) in [7, 11) is 0. The molecule has 1 aromatic heterocycles. The highest BCUT2D eigenvalue weighted by atomic mass is 19.4. The van der Waals surface area contributed by atoms with Gasteiger partial charge in [0, 0.05) is 29.7 Å². The van der Waals surface area contributed by atoms with Gasteiger partial charge in [0.25, 0.3) is 5.91 Å². The van der Waals surface area contributed by atoms with Crippen molar-refractivity contribution in [3.05, 3.63) is 89.6 Å². The first-order valence-corrected chi connectivity index (χ1v) is 10.8. The number of H-pyrrole nitrogens is 1. The monoisotopic (exact) mass is 467 g/mol. The number of aryl methyl sites for hydroxylation is 1. The summed E-state index contributed by atoms with van der Waals surface area (Å²) in [4.78, 5) is 16.3. The largest absolute Gasteiger partial charge is 0.573 e. The minimum Gasteiger partial charge on any atom is -0.405 e. The molecule has 4 N–H and O–H groups in total. The summed E-state index contributed by atoms with van der Waals surface area (Å²) in [5.74, 6) is -1.25. The molecule has 0 spiro atoms. The summed E-state index contributed by atoms with van der Waals surface area (Å²) in [6.45, 7) is 2.00. The fourth-order valence-electron chi connectivity index (χ4n) is 4.01. The molecule has 1 atom stereocenters. The maximum absolute atomic E-state index is 13.2. The zero-order valence-corrected chi connectivity index (χ0v) is 18.4. The minimum absolute atomic E-state index is 0.109. The first kappa shape index (κ1) is 23.4. The van der Waals surface area contributed by atoms with E-state index < -0.39 is 24.1 Å². The van der Waals surface area contributed by atoms with Gasteiger partial charge in [0.1, 0.15) is 5.75 Å². The van der Waals surface area contributed by atoms with Crippen molar-refractivity contribution >= 4 is 16.8 Å². The highest BCUT2D eigenvalue weighted by Gasteiger charge is 2.33. The molecule has 3 aromatic carbocycles.